The number of benzene rings is 2. The van der Waals surface area contributed by atoms with Gasteiger partial charge < -0.3 is 25.4 Å². The molecule has 0 bridgehead atoms. The Hall–Kier alpha value is -6.60. The Kier molecular flexibility index (Phi) is 13.5. The number of thiazole rings is 1. The predicted octanol–water partition coefficient (Wildman–Crippen LogP) is 8.08. The molecule has 3 aliphatic rings. The molecule has 16 nitrogen and oxygen atoms in total. The number of nitrogens with one attached hydrogen (secondary N) is 2. The summed E-state index contributed by atoms with van der Waals surface area (Å²) < 4.78 is 9.99. The van der Waals surface area contributed by atoms with Gasteiger partial charge in [0.1, 0.15) is 35.1 Å². The van der Waals surface area contributed by atoms with Gasteiger partial charge in [-0.05, 0) is 74.1 Å². The number of aliphatic imine (C=N–C) groups is 1. The number of rotatable bonds is 14. The lowest BCUT2D eigenvalue weighted by molar-refractivity contribution is -0.142. The third-order valence-electron chi connectivity index (χ3n) is 13.6. The molecular weight excluding hydrogens is 958 g/mol. The van der Waals surface area contributed by atoms with Gasteiger partial charge in [0.25, 0.3) is 0 Å². The maximum atomic E-state index is 14.3. The van der Waals surface area contributed by atoms with Crippen molar-refractivity contribution in [2.24, 2.45) is 10.9 Å². The number of halogens is 1. The molecule has 1 aliphatic carbocycles. The van der Waals surface area contributed by atoms with Crippen LogP contribution >= 0.6 is 34.3 Å². The molecule has 5 aromatic heterocycles. The number of aliphatic hydroxyl groups excluding tert-OH is 1. The third kappa shape index (κ3) is 9.77. The van der Waals surface area contributed by atoms with Gasteiger partial charge in [-0.3, -0.25) is 28.6 Å². The van der Waals surface area contributed by atoms with Crippen molar-refractivity contribution in [3.05, 3.63) is 134 Å². The molecule has 0 radical (unpaired) electrons. The topological polar surface area (TPSA) is 195 Å². The van der Waals surface area contributed by atoms with Crippen LogP contribution in [0.2, 0.25) is 5.02 Å². The number of β-amino-alcohol motifs (C(OH)–C–C–N with tert-alkyl or cyclic N) is 1. The van der Waals surface area contributed by atoms with Crippen LogP contribution in [0.15, 0.2) is 89.8 Å². The average Bonchev–Trinajstić information content (AvgIpc) is 4.19. The fourth-order valence-electron chi connectivity index (χ4n) is 9.68. The Morgan fingerprint density at radius 1 is 0.930 bits per heavy atom. The highest BCUT2D eigenvalue weighted by molar-refractivity contribution is 7.15. The number of aliphatic hydroxyl groups is 1. The number of nitrogens with zero attached hydrogens (tertiary/aromatic N) is 9. The van der Waals surface area contributed by atoms with Crippen molar-refractivity contribution in [3.63, 3.8) is 0 Å². The minimum absolute atomic E-state index is 0.0503. The smallest absolute Gasteiger partial charge is 0.248 e. The van der Waals surface area contributed by atoms with E-state index in [2.05, 4.69) is 49.7 Å². The van der Waals surface area contributed by atoms with Gasteiger partial charge in [-0.1, -0.05) is 61.8 Å². The van der Waals surface area contributed by atoms with Crippen LogP contribution in [0.4, 0.5) is 0 Å². The second-order valence-corrected chi connectivity index (χ2v) is 21.4. The van der Waals surface area contributed by atoms with Crippen LogP contribution < -0.4 is 15.4 Å². The van der Waals surface area contributed by atoms with Crippen molar-refractivity contribution in [2.75, 3.05) is 6.54 Å². The van der Waals surface area contributed by atoms with Gasteiger partial charge in [0.05, 0.1) is 40.5 Å². The molecule has 2 aromatic carbocycles. The number of pyridine rings is 1. The van der Waals surface area contributed by atoms with E-state index in [4.69, 9.17) is 21.3 Å². The van der Waals surface area contributed by atoms with Crippen molar-refractivity contribution in [1.82, 2.24) is 50.0 Å². The molecule has 19 heteroatoms. The molecule has 0 spiro atoms. The van der Waals surface area contributed by atoms with Crippen LogP contribution in [-0.2, 0) is 20.9 Å². The van der Waals surface area contributed by atoms with Crippen LogP contribution in [0.3, 0.4) is 0 Å². The maximum Gasteiger partial charge on any atom is 0.248 e. The lowest BCUT2D eigenvalue weighted by Crippen LogP contribution is -2.49. The first-order valence-electron chi connectivity index (χ1n) is 23.8. The molecule has 10 rings (SSSR count). The highest BCUT2D eigenvalue weighted by Crippen LogP contribution is 2.40. The number of fused-ring (bicyclic) bond motifs is 3. The molecule has 7 heterocycles. The molecule has 0 unspecified atom stereocenters. The minimum Gasteiger partial charge on any atom is -0.474 e. The lowest BCUT2D eigenvalue weighted by Gasteiger charge is -2.35. The number of likely N-dealkylation sites (tertiary alicyclic amines) is 1. The van der Waals surface area contributed by atoms with Crippen LogP contribution in [0, 0.1) is 33.6 Å². The zero-order chi connectivity index (χ0) is 49.7. The molecular formula is C52H54ClN11O5S2. The van der Waals surface area contributed by atoms with Gasteiger partial charge in [-0.2, -0.15) is 5.10 Å². The number of carbonyl (C=O) groups is 3. The van der Waals surface area contributed by atoms with E-state index < -0.39 is 24.2 Å². The van der Waals surface area contributed by atoms with Gasteiger partial charge in [-0.15, -0.1) is 32.9 Å². The number of ether oxygens (including phenoxy) is 1. The summed E-state index contributed by atoms with van der Waals surface area (Å²) in [5.41, 5.74) is 10.2. The lowest BCUT2D eigenvalue weighted by atomic mass is 9.89. The molecule has 1 saturated carbocycles. The van der Waals surface area contributed by atoms with E-state index in [-0.39, 0.29) is 61.7 Å². The number of amides is 3. The van der Waals surface area contributed by atoms with E-state index in [1.165, 1.54) is 9.78 Å². The zero-order valence-electron chi connectivity index (χ0n) is 40.2. The summed E-state index contributed by atoms with van der Waals surface area (Å²) in [4.78, 5) is 59.5. The summed E-state index contributed by atoms with van der Waals surface area (Å²) >= 11 is 9.53. The molecule has 3 amide bonds. The monoisotopic (exact) mass is 1010 g/mol. The quantitative estimate of drug-likeness (QED) is 0.0959. The Bertz CT molecular complexity index is 3150. The highest BCUT2D eigenvalue weighted by atomic mass is 35.5. The summed E-state index contributed by atoms with van der Waals surface area (Å²) in [5.74, 6) is 0.863. The number of hydrogen-bond donors (Lipinski definition) is 3. The van der Waals surface area contributed by atoms with Gasteiger partial charge >= 0.3 is 0 Å². The standard InChI is InChI=1S/C52H54ClN11O5S2/c1-27(2)47(51(68)62-25-39(65)20-42(62)50(67)55-22-32-7-9-34(10-8-32)48-29(4)56-26-70-48)63-24-36(23-57-63)35-15-16-54-44(17-35)69-40-18-38(19-40)58-43(66)21-41-49-61-60-31(6)64(49)52-45(28(3)30(5)71-52)46(59-41)33-11-13-37(53)14-12-33/h7-17,23-24,26-27,38-42,47,65H,18-22,25H2,1-6H3,(H,55,67)(H,58,66)/t38?,39-,40?,41+,42+,47-/m1/s1. The molecule has 4 atom stereocenters. The summed E-state index contributed by atoms with van der Waals surface area (Å²) in [6.07, 6.45) is 5.64. The summed E-state index contributed by atoms with van der Waals surface area (Å²) in [5, 5.41) is 32.1. The first kappa shape index (κ1) is 48.0. The fourth-order valence-corrected chi connectivity index (χ4v) is 11.8. The molecule has 1 saturated heterocycles. The van der Waals surface area contributed by atoms with Crippen molar-refractivity contribution < 1.29 is 24.2 Å². The van der Waals surface area contributed by atoms with Crippen LogP contribution in [0.1, 0.15) is 96.1 Å². The number of hydrogen-bond acceptors (Lipinski definition) is 13. The molecule has 2 fully saturated rings. The van der Waals surface area contributed by atoms with Crippen LogP contribution in [0.5, 0.6) is 5.88 Å². The van der Waals surface area contributed by atoms with Gasteiger partial charge in [0, 0.05) is 83.4 Å². The summed E-state index contributed by atoms with van der Waals surface area (Å²) in [7, 11) is 0. The third-order valence-corrected chi connectivity index (χ3v) is 16.0. The molecule has 366 valence electrons. The van der Waals surface area contributed by atoms with E-state index in [1.54, 1.807) is 39.7 Å². The number of aromatic nitrogens is 7. The molecule has 7 aromatic rings. The van der Waals surface area contributed by atoms with E-state index >= 15 is 0 Å². The largest absolute Gasteiger partial charge is 0.474 e. The number of aryl methyl sites for hydroxylation is 3. The van der Waals surface area contributed by atoms with Gasteiger partial charge in [0.2, 0.25) is 23.6 Å². The van der Waals surface area contributed by atoms with E-state index in [0.717, 1.165) is 66.1 Å². The van der Waals surface area contributed by atoms with Crippen LogP contribution in [-0.4, -0.2) is 98.8 Å². The Balaban J connectivity index is 0.757. The fraction of sp³-hybridized carbons (Fsp3) is 0.365. The second kappa shape index (κ2) is 19.9. The predicted molar refractivity (Wildman–Crippen MR) is 273 cm³/mol. The first-order valence-corrected chi connectivity index (χ1v) is 25.8. The van der Waals surface area contributed by atoms with E-state index in [1.807, 2.05) is 105 Å². The van der Waals surface area contributed by atoms with Crippen molar-refractivity contribution in [3.8, 4) is 32.4 Å². The van der Waals surface area contributed by atoms with Crippen molar-refractivity contribution in [2.45, 2.75) is 110 Å². The highest BCUT2D eigenvalue weighted by Gasteiger charge is 2.43. The van der Waals surface area contributed by atoms with Crippen LogP contribution in [0.25, 0.3) is 26.6 Å². The van der Waals surface area contributed by atoms with Gasteiger partial charge in [0.15, 0.2) is 5.82 Å². The molecule has 71 heavy (non-hydrogen) atoms. The Morgan fingerprint density at radius 2 is 1.69 bits per heavy atom. The number of thiophene rings is 1. The Labute approximate surface area is 424 Å². The first-order chi connectivity index (χ1) is 34.2. The van der Waals surface area contributed by atoms with Crippen molar-refractivity contribution >= 4 is 57.7 Å². The average molecular weight is 1010 g/mol. The minimum atomic E-state index is -0.830. The summed E-state index contributed by atoms with van der Waals surface area (Å²) in [6.45, 7) is 12.3. The van der Waals surface area contributed by atoms with Gasteiger partial charge in [-0.25, -0.2) is 9.97 Å². The molecule has 3 N–H and O–H groups in total. The normalized spacial score (nSPS) is 19.9. The molecule has 2 aliphatic heterocycles. The van der Waals surface area contributed by atoms with E-state index in [9.17, 15) is 19.5 Å². The Morgan fingerprint density at radius 3 is 2.42 bits per heavy atom. The zero-order valence-corrected chi connectivity index (χ0v) is 42.6. The second-order valence-electron chi connectivity index (χ2n) is 18.9. The maximum absolute atomic E-state index is 14.3. The number of carbonyl (C=O) groups excluding carboxylic acids is 3. The van der Waals surface area contributed by atoms with Crippen molar-refractivity contribution in [1.29, 1.82) is 0 Å². The summed E-state index contributed by atoms with van der Waals surface area (Å²) in [6, 6.07) is 17.1. The SMILES string of the molecule is Cc1ncsc1-c1ccc(CNC(=O)[C@@H]2C[C@@H](O)CN2C(=O)[C@@H](C(C)C)n2cc(-c3ccnc(OC4CC(NC(=O)C[C@@H]5N=C(c6ccc(Cl)cc6)c6c(sc(C)c6C)-n6c(C)nnc65)C4)c3)cn2)cc1. The van der Waals surface area contributed by atoms with E-state index in [0.29, 0.717) is 29.6 Å².